The lowest BCUT2D eigenvalue weighted by atomic mass is 9.82. The van der Waals surface area contributed by atoms with E-state index in [0.29, 0.717) is 5.02 Å². The second kappa shape index (κ2) is 8.98. The van der Waals surface area contributed by atoms with Crippen molar-refractivity contribution in [3.05, 3.63) is 113 Å². The van der Waals surface area contributed by atoms with Gasteiger partial charge >= 0.3 is 0 Å². The van der Waals surface area contributed by atoms with Crippen molar-refractivity contribution < 1.29 is 9.50 Å². The number of halogens is 2. The first-order valence-corrected chi connectivity index (χ1v) is 9.34. The van der Waals surface area contributed by atoms with Crippen LogP contribution in [0.25, 0.3) is 5.57 Å². The fraction of sp³-hybridized carbons (Fsp3) is 0.167. The van der Waals surface area contributed by atoms with Crippen LogP contribution in [0.4, 0.5) is 4.39 Å². The summed E-state index contributed by atoms with van der Waals surface area (Å²) >= 11 is 5.98. The highest BCUT2D eigenvalue weighted by atomic mass is 35.5. The molecule has 0 saturated carbocycles. The maximum absolute atomic E-state index is 13.3. The number of hydrogen-bond donors (Lipinski definition) is 1. The summed E-state index contributed by atoms with van der Waals surface area (Å²) in [6, 6.07) is 23.6. The van der Waals surface area contributed by atoms with Crippen LogP contribution < -0.4 is 0 Å². The Morgan fingerprint density at radius 3 is 2.19 bits per heavy atom. The van der Waals surface area contributed by atoms with Crippen molar-refractivity contribution in [1.29, 1.82) is 0 Å². The third kappa shape index (κ3) is 5.06. The van der Waals surface area contributed by atoms with Crippen molar-refractivity contribution in [1.82, 2.24) is 0 Å². The highest BCUT2D eigenvalue weighted by Crippen LogP contribution is 2.36. The summed E-state index contributed by atoms with van der Waals surface area (Å²) in [7, 11) is 0. The Labute approximate surface area is 164 Å². The van der Waals surface area contributed by atoms with Crippen LogP contribution in [-0.4, -0.2) is 5.11 Å². The van der Waals surface area contributed by atoms with Gasteiger partial charge in [-0.25, -0.2) is 4.39 Å². The van der Waals surface area contributed by atoms with Crippen molar-refractivity contribution >= 4 is 17.2 Å². The number of aliphatic hydroxyl groups excluding tert-OH is 1. The molecule has 138 valence electrons. The fourth-order valence-corrected chi connectivity index (χ4v) is 3.39. The van der Waals surface area contributed by atoms with Crippen molar-refractivity contribution in [3.8, 4) is 0 Å². The van der Waals surface area contributed by atoms with E-state index in [0.717, 1.165) is 29.5 Å². The number of hydrogen-bond acceptors (Lipinski definition) is 1. The van der Waals surface area contributed by atoms with Crippen molar-refractivity contribution in [2.24, 2.45) is 5.92 Å². The summed E-state index contributed by atoms with van der Waals surface area (Å²) in [5, 5.41) is 11.7. The van der Waals surface area contributed by atoms with E-state index < -0.39 is 6.10 Å². The first-order valence-electron chi connectivity index (χ1n) is 8.97. The predicted octanol–water partition coefficient (Wildman–Crippen LogP) is 6.47. The Morgan fingerprint density at radius 1 is 0.926 bits per heavy atom. The molecule has 0 heterocycles. The standard InChI is InChI=1S/C24H22ClFO/c1-17(19-10-14-22(26)15-11-19)23(16-7-18-5-3-2-4-6-18)24(27)20-8-12-21(25)13-9-20/h2-6,8-15,23-24,27H,1,7,16H2/t23-,24?/m1/s1. The van der Waals surface area contributed by atoms with Gasteiger partial charge in [0.2, 0.25) is 0 Å². The van der Waals surface area contributed by atoms with Crippen LogP contribution in [0.5, 0.6) is 0 Å². The molecule has 1 nitrogen and oxygen atoms in total. The molecule has 0 amide bonds. The third-order valence-electron chi connectivity index (χ3n) is 4.84. The van der Waals surface area contributed by atoms with Crippen LogP contribution in [0.3, 0.4) is 0 Å². The Kier molecular flexibility index (Phi) is 6.44. The molecular weight excluding hydrogens is 359 g/mol. The molecule has 3 rings (SSSR count). The third-order valence-corrected chi connectivity index (χ3v) is 5.09. The number of aliphatic hydroxyl groups is 1. The summed E-state index contributed by atoms with van der Waals surface area (Å²) in [5.74, 6) is -0.484. The van der Waals surface area contributed by atoms with Crippen LogP contribution in [0, 0.1) is 11.7 Å². The van der Waals surface area contributed by atoms with Crippen LogP contribution in [0.15, 0.2) is 85.4 Å². The van der Waals surface area contributed by atoms with Gasteiger partial charge in [0.1, 0.15) is 5.82 Å². The number of rotatable bonds is 7. The largest absolute Gasteiger partial charge is 0.388 e. The van der Waals surface area contributed by atoms with Crippen LogP contribution in [-0.2, 0) is 6.42 Å². The van der Waals surface area contributed by atoms with Crippen LogP contribution >= 0.6 is 11.6 Å². The quantitative estimate of drug-likeness (QED) is 0.497. The Bertz CT molecular complexity index is 873. The summed E-state index contributed by atoms with van der Waals surface area (Å²) in [4.78, 5) is 0. The summed E-state index contributed by atoms with van der Waals surface area (Å²) in [6.07, 6.45) is 0.823. The SMILES string of the molecule is C=C(c1ccc(F)cc1)[C@@H](CCc1ccccc1)C(O)c1ccc(Cl)cc1. The molecule has 2 atom stereocenters. The summed E-state index contributed by atoms with van der Waals surface area (Å²) < 4.78 is 13.3. The maximum Gasteiger partial charge on any atom is 0.123 e. The first-order chi connectivity index (χ1) is 13.0. The molecule has 0 aliphatic rings. The minimum Gasteiger partial charge on any atom is -0.388 e. The van der Waals surface area contributed by atoms with Gasteiger partial charge in [-0.1, -0.05) is 72.8 Å². The van der Waals surface area contributed by atoms with Gasteiger partial charge in [0.25, 0.3) is 0 Å². The van der Waals surface area contributed by atoms with E-state index in [9.17, 15) is 9.50 Å². The normalized spacial score (nSPS) is 13.1. The molecule has 0 aliphatic heterocycles. The average molecular weight is 381 g/mol. The van der Waals surface area contributed by atoms with E-state index in [2.05, 4.69) is 18.7 Å². The van der Waals surface area contributed by atoms with Gasteiger partial charge in [0.15, 0.2) is 0 Å². The molecule has 3 aromatic carbocycles. The van der Waals surface area contributed by atoms with Gasteiger partial charge in [0.05, 0.1) is 6.10 Å². The zero-order chi connectivity index (χ0) is 19.2. The van der Waals surface area contributed by atoms with E-state index >= 15 is 0 Å². The van der Waals surface area contributed by atoms with E-state index in [4.69, 9.17) is 11.6 Å². The second-order valence-corrected chi connectivity index (χ2v) is 7.10. The Balaban J connectivity index is 1.86. The smallest absolute Gasteiger partial charge is 0.123 e. The minimum atomic E-state index is -0.719. The molecule has 0 aliphatic carbocycles. The summed E-state index contributed by atoms with van der Waals surface area (Å²) in [6.45, 7) is 4.22. The van der Waals surface area contributed by atoms with Crippen LogP contribution in [0.2, 0.25) is 5.02 Å². The highest BCUT2D eigenvalue weighted by molar-refractivity contribution is 6.30. The molecule has 1 unspecified atom stereocenters. The van der Waals surface area contributed by atoms with E-state index in [1.54, 1.807) is 24.3 Å². The molecule has 0 radical (unpaired) electrons. The molecular formula is C24H22ClFO. The van der Waals surface area contributed by atoms with Crippen molar-refractivity contribution in [3.63, 3.8) is 0 Å². The first kappa shape index (κ1) is 19.3. The molecule has 0 aromatic heterocycles. The highest BCUT2D eigenvalue weighted by Gasteiger charge is 2.24. The lowest BCUT2D eigenvalue weighted by Crippen LogP contribution is -2.15. The number of benzene rings is 3. The summed E-state index contributed by atoms with van der Waals surface area (Å²) in [5.41, 5.74) is 3.63. The number of aryl methyl sites for hydroxylation is 1. The van der Waals surface area contributed by atoms with Crippen molar-refractivity contribution in [2.75, 3.05) is 0 Å². The maximum atomic E-state index is 13.3. The van der Waals surface area contributed by atoms with E-state index in [1.807, 2.05) is 30.3 Å². The molecule has 0 fully saturated rings. The Hall–Kier alpha value is -2.42. The molecule has 0 saturated heterocycles. The van der Waals surface area contributed by atoms with Gasteiger partial charge in [-0.15, -0.1) is 0 Å². The average Bonchev–Trinajstić information content (AvgIpc) is 2.69. The predicted molar refractivity (Wildman–Crippen MR) is 110 cm³/mol. The molecule has 0 bridgehead atoms. The zero-order valence-corrected chi connectivity index (χ0v) is 15.7. The van der Waals surface area contributed by atoms with Gasteiger partial charge in [-0.05, 0) is 59.4 Å². The molecule has 3 heteroatoms. The molecule has 3 aromatic rings. The zero-order valence-electron chi connectivity index (χ0n) is 15.0. The molecule has 0 spiro atoms. The van der Waals surface area contributed by atoms with Gasteiger partial charge in [-0.3, -0.25) is 0 Å². The van der Waals surface area contributed by atoms with E-state index in [-0.39, 0.29) is 11.7 Å². The molecule has 1 N–H and O–H groups in total. The molecule has 27 heavy (non-hydrogen) atoms. The van der Waals surface area contributed by atoms with Crippen molar-refractivity contribution in [2.45, 2.75) is 18.9 Å². The monoisotopic (exact) mass is 380 g/mol. The van der Waals surface area contributed by atoms with E-state index in [1.165, 1.54) is 17.7 Å². The lowest BCUT2D eigenvalue weighted by molar-refractivity contribution is 0.131. The van der Waals surface area contributed by atoms with Gasteiger partial charge in [-0.2, -0.15) is 0 Å². The lowest BCUT2D eigenvalue weighted by Gasteiger charge is -2.26. The second-order valence-electron chi connectivity index (χ2n) is 6.66. The minimum absolute atomic E-state index is 0.197. The van der Waals surface area contributed by atoms with Crippen LogP contribution in [0.1, 0.15) is 29.2 Å². The fourth-order valence-electron chi connectivity index (χ4n) is 3.26. The van der Waals surface area contributed by atoms with Gasteiger partial charge < -0.3 is 5.11 Å². The van der Waals surface area contributed by atoms with Gasteiger partial charge in [0, 0.05) is 10.9 Å². The topological polar surface area (TPSA) is 20.2 Å². The Morgan fingerprint density at radius 2 is 1.56 bits per heavy atom.